The third-order valence-corrected chi connectivity index (χ3v) is 3.82. The molecule has 2 aromatic heterocycles. The molecule has 1 amide bonds. The van der Waals surface area contributed by atoms with Crippen molar-refractivity contribution in [3.63, 3.8) is 0 Å². The highest BCUT2D eigenvalue weighted by atomic mass is 16.5. The Balaban J connectivity index is 1.69. The molecule has 0 saturated carbocycles. The van der Waals surface area contributed by atoms with E-state index in [0.717, 1.165) is 5.56 Å². The normalized spacial score (nSPS) is 10.5. The third-order valence-electron chi connectivity index (χ3n) is 3.82. The highest BCUT2D eigenvalue weighted by Gasteiger charge is 2.15. The number of carbonyl (C=O) groups excluding carboxylic acids is 1. The van der Waals surface area contributed by atoms with Crippen molar-refractivity contribution in [2.45, 2.75) is 13.3 Å². The Bertz CT molecular complexity index is 977. The van der Waals surface area contributed by atoms with E-state index < -0.39 is 0 Å². The Kier molecular flexibility index (Phi) is 5.12. The van der Waals surface area contributed by atoms with Crippen LogP contribution < -0.4 is 15.6 Å². The molecule has 0 fully saturated rings. The fourth-order valence-corrected chi connectivity index (χ4v) is 2.63. The molecule has 8 heteroatoms. The number of benzene rings is 1. The van der Waals surface area contributed by atoms with Gasteiger partial charge in [-0.2, -0.15) is 5.10 Å². The van der Waals surface area contributed by atoms with E-state index in [-0.39, 0.29) is 11.5 Å². The van der Waals surface area contributed by atoms with Gasteiger partial charge in [0.05, 0.1) is 24.6 Å². The minimum absolute atomic E-state index is 0.200. The minimum atomic E-state index is -0.252. The van der Waals surface area contributed by atoms with Crippen molar-refractivity contribution in [3.05, 3.63) is 64.0 Å². The van der Waals surface area contributed by atoms with Gasteiger partial charge in [0, 0.05) is 30.3 Å². The molecule has 134 valence electrons. The Hall–Kier alpha value is -3.42. The number of nitrogens with one attached hydrogen (secondary N) is 3. The summed E-state index contributed by atoms with van der Waals surface area (Å²) in [5, 5.41) is 9.66. The first kappa shape index (κ1) is 17.4. The average Bonchev–Trinajstić information content (AvgIpc) is 3.11. The van der Waals surface area contributed by atoms with Crippen LogP contribution in [0.2, 0.25) is 0 Å². The number of H-pyrrole nitrogens is 2. The maximum atomic E-state index is 12.5. The molecular weight excluding hydrogens is 334 g/mol. The van der Waals surface area contributed by atoms with E-state index >= 15 is 0 Å². The van der Waals surface area contributed by atoms with Crippen LogP contribution in [0.4, 0.5) is 0 Å². The molecule has 0 radical (unpaired) electrons. The summed E-state index contributed by atoms with van der Waals surface area (Å²) >= 11 is 0. The molecule has 0 aliphatic heterocycles. The maximum Gasteiger partial charge on any atom is 0.255 e. The Morgan fingerprint density at radius 3 is 2.92 bits per heavy atom. The zero-order valence-electron chi connectivity index (χ0n) is 14.5. The molecule has 1 aromatic carbocycles. The number of hydrogen-bond acceptors (Lipinski definition) is 5. The summed E-state index contributed by atoms with van der Waals surface area (Å²) < 4.78 is 5.22. The molecule has 0 atom stereocenters. The summed E-state index contributed by atoms with van der Waals surface area (Å²) in [5.41, 5.74) is 2.29. The number of aromatic nitrogens is 4. The zero-order valence-corrected chi connectivity index (χ0v) is 14.5. The fourth-order valence-electron chi connectivity index (χ4n) is 2.63. The number of ether oxygens (including phenoxy) is 1. The van der Waals surface area contributed by atoms with Gasteiger partial charge in [0.15, 0.2) is 0 Å². The lowest BCUT2D eigenvalue weighted by Gasteiger charge is -2.07. The summed E-state index contributed by atoms with van der Waals surface area (Å²) in [6, 6.07) is 8.80. The van der Waals surface area contributed by atoms with Crippen LogP contribution in [0.25, 0.3) is 11.3 Å². The van der Waals surface area contributed by atoms with Gasteiger partial charge in [-0.1, -0.05) is 12.1 Å². The second-order valence-electron chi connectivity index (χ2n) is 5.72. The van der Waals surface area contributed by atoms with Gasteiger partial charge in [0.25, 0.3) is 11.5 Å². The number of amides is 1. The van der Waals surface area contributed by atoms with E-state index in [9.17, 15) is 9.59 Å². The fraction of sp³-hybridized carbons (Fsp3) is 0.222. The first-order valence-corrected chi connectivity index (χ1v) is 8.09. The van der Waals surface area contributed by atoms with E-state index in [1.165, 1.54) is 12.3 Å². The summed E-state index contributed by atoms with van der Waals surface area (Å²) in [7, 11) is 1.59. The highest BCUT2D eigenvalue weighted by molar-refractivity contribution is 5.99. The Labute approximate surface area is 149 Å². The van der Waals surface area contributed by atoms with Gasteiger partial charge in [-0.05, 0) is 19.1 Å². The van der Waals surface area contributed by atoms with E-state index in [1.54, 1.807) is 14.0 Å². The first-order chi connectivity index (χ1) is 12.6. The minimum Gasteiger partial charge on any atom is -0.497 e. The van der Waals surface area contributed by atoms with Gasteiger partial charge in [0.2, 0.25) is 0 Å². The molecule has 0 spiro atoms. The predicted molar refractivity (Wildman–Crippen MR) is 96.2 cm³/mol. The van der Waals surface area contributed by atoms with E-state index in [0.29, 0.717) is 41.5 Å². The Morgan fingerprint density at radius 2 is 2.15 bits per heavy atom. The number of nitrogens with zero attached hydrogens (tertiary/aromatic N) is 2. The first-order valence-electron chi connectivity index (χ1n) is 8.09. The third kappa shape index (κ3) is 3.97. The van der Waals surface area contributed by atoms with Crippen LogP contribution in [-0.4, -0.2) is 39.7 Å². The zero-order chi connectivity index (χ0) is 18.5. The molecular formula is C18H19N5O3. The van der Waals surface area contributed by atoms with Gasteiger partial charge >= 0.3 is 0 Å². The summed E-state index contributed by atoms with van der Waals surface area (Å²) in [6.45, 7) is 2.08. The SMILES string of the molecule is COc1cccc(-c2[nH]ncc2C(=O)NCCc2cc(=O)[nH]c(C)n2)c1. The number of hydrogen-bond donors (Lipinski definition) is 3. The molecule has 26 heavy (non-hydrogen) atoms. The van der Waals surface area contributed by atoms with E-state index in [4.69, 9.17) is 4.74 Å². The van der Waals surface area contributed by atoms with Crippen LogP contribution in [0.1, 0.15) is 21.9 Å². The van der Waals surface area contributed by atoms with Crippen molar-refractivity contribution >= 4 is 5.91 Å². The lowest BCUT2D eigenvalue weighted by Crippen LogP contribution is -2.26. The molecule has 3 N–H and O–H groups in total. The van der Waals surface area contributed by atoms with Crippen molar-refractivity contribution in [2.75, 3.05) is 13.7 Å². The van der Waals surface area contributed by atoms with Crippen molar-refractivity contribution < 1.29 is 9.53 Å². The van der Waals surface area contributed by atoms with Crippen molar-refractivity contribution in [1.82, 2.24) is 25.5 Å². The molecule has 0 bridgehead atoms. The van der Waals surface area contributed by atoms with Gasteiger partial charge in [-0.25, -0.2) is 4.98 Å². The summed E-state index contributed by atoms with van der Waals surface area (Å²) in [4.78, 5) is 30.8. The summed E-state index contributed by atoms with van der Waals surface area (Å²) in [6.07, 6.45) is 1.95. The van der Waals surface area contributed by atoms with Crippen LogP contribution in [0.5, 0.6) is 5.75 Å². The van der Waals surface area contributed by atoms with Gasteiger partial charge in [-0.3, -0.25) is 14.7 Å². The second-order valence-corrected chi connectivity index (χ2v) is 5.72. The van der Waals surface area contributed by atoms with E-state index in [1.807, 2.05) is 24.3 Å². The van der Waals surface area contributed by atoms with Gasteiger partial charge in [0.1, 0.15) is 11.6 Å². The smallest absolute Gasteiger partial charge is 0.255 e. The van der Waals surface area contributed by atoms with Crippen LogP contribution in [0.15, 0.2) is 41.3 Å². The van der Waals surface area contributed by atoms with Crippen molar-refractivity contribution in [3.8, 4) is 17.0 Å². The molecule has 3 aromatic rings. The van der Waals surface area contributed by atoms with Gasteiger partial charge < -0.3 is 15.0 Å². The molecule has 8 nitrogen and oxygen atoms in total. The molecule has 0 aliphatic carbocycles. The number of methoxy groups -OCH3 is 1. The monoisotopic (exact) mass is 353 g/mol. The molecule has 0 saturated heterocycles. The van der Waals surface area contributed by atoms with Gasteiger partial charge in [-0.15, -0.1) is 0 Å². The maximum absolute atomic E-state index is 12.5. The lowest BCUT2D eigenvalue weighted by atomic mass is 10.1. The van der Waals surface area contributed by atoms with Crippen LogP contribution in [0.3, 0.4) is 0 Å². The number of rotatable bonds is 6. The van der Waals surface area contributed by atoms with E-state index in [2.05, 4.69) is 25.5 Å². The molecule has 0 aliphatic rings. The quantitative estimate of drug-likeness (QED) is 0.621. The molecule has 0 unspecified atom stereocenters. The second kappa shape index (κ2) is 7.64. The standard InChI is InChI=1S/C18H19N5O3/c1-11-21-13(9-16(24)22-11)6-7-19-18(25)15-10-20-23-17(15)12-4-3-5-14(8-12)26-2/h3-5,8-10H,6-7H2,1-2H3,(H,19,25)(H,20,23)(H,21,22,24). The number of carbonyl (C=O) groups is 1. The average molecular weight is 353 g/mol. The van der Waals surface area contributed by atoms with Crippen molar-refractivity contribution in [2.24, 2.45) is 0 Å². The number of aromatic amines is 2. The Morgan fingerprint density at radius 1 is 1.31 bits per heavy atom. The predicted octanol–water partition coefficient (Wildman–Crippen LogP) is 1.45. The molecule has 2 heterocycles. The van der Waals surface area contributed by atoms with Crippen LogP contribution in [0, 0.1) is 6.92 Å². The largest absolute Gasteiger partial charge is 0.497 e. The van der Waals surface area contributed by atoms with Crippen LogP contribution in [-0.2, 0) is 6.42 Å². The topological polar surface area (TPSA) is 113 Å². The van der Waals surface area contributed by atoms with Crippen LogP contribution >= 0.6 is 0 Å². The van der Waals surface area contributed by atoms with Crippen molar-refractivity contribution in [1.29, 1.82) is 0 Å². The highest BCUT2D eigenvalue weighted by Crippen LogP contribution is 2.24. The molecule has 3 rings (SSSR count). The lowest BCUT2D eigenvalue weighted by molar-refractivity contribution is 0.0955. The number of aryl methyl sites for hydroxylation is 1. The summed E-state index contributed by atoms with van der Waals surface area (Å²) in [5.74, 6) is 0.992.